The second kappa shape index (κ2) is 7.47. The van der Waals surface area contributed by atoms with Gasteiger partial charge in [-0.1, -0.05) is 24.6 Å². The fourth-order valence-electron chi connectivity index (χ4n) is 5.51. The monoisotopic (exact) mass is 468 g/mol. The zero-order chi connectivity index (χ0) is 23.5. The minimum absolute atomic E-state index is 0.0816. The highest BCUT2D eigenvalue weighted by atomic mass is 28.4. The Kier molecular flexibility index (Phi) is 5.91. The summed E-state index contributed by atoms with van der Waals surface area (Å²) in [5.74, 6) is 0.0976. The molecule has 2 saturated carbocycles. The summed E-state index contributed by atoms with van der Waals surface area (Å²) in [5.41, 5.74) is -4.03. The van der Waals surface area contributed by atoms with Crippen LogP contribution in [0.1, 0.15) is 51.9 Å². The lowest BCUT2D eigenvalue weighted by molar-refractivity contribution is -0.340. The Hall–Kier alpha value is -1.09. The highest BCUT2D eigenvalue weighted by Gasteiger charge is 2.71. The van der Waals surface area contributed by atoms with Crippen molar-refractivity contribution in [1.82, 2.24) is 0 Å². The van der Waals surface area contributed by atoms with Gasteiger partial charge in [0.1, 0.15) is 5.78 Å². The fourth-order valence-corrected chi connectivity index (χ4v) is 6.77. The highest BCUT2D eigenvalue weighted by molar-refractivity contribution is 6.69. The van der Waals surface area contributed by atoms with E-state index < -0.39 is 31.7 Å². The minimum atomic E-state index is -5.63. The van der Waals surface area contributed by atoms with Crippen LogP contribution in [-0.2, 0) is 9.22 Å². The van der Waals surface area contributed by atoms with Crippen molar-refractivity contribution in [2.45, 2.75) is 89.5 Å². The lowest BCUT2D eigenvalue weighted by atomic mass is 9.62. The largest absolute Gasteiger partial charge is 0.429 e. The van der Waals surface area contributed by atoms with Gasteiger partial charge in [-0.3, -0.25) is 4.79 Å². The minimum Gasteiger partial charge on any atom is -0.394 e. The van der Waals surface area contributed by atoms with Crippen LogP contribution in [0.15, 0.2) is 23.8 Å². The van der Waals surface area contributed by atoms with E-state index in [2.05, 4.69) is 0 Å². The van der Waals surface area contributed by atoms with Gasteiger partial charge in [-0.25, -0.2) is 0 Å². The van der Waals surface area contributed by atoms with Crippen molar-refractivity contribution in [2.24, 2.45) is 16.7 Å². The zero-order valence-electron chi connectivity index (χ0n) is 18.3. The Bertz CT molecular complexity index is 771. The Balaban J connectivity index is 1.89. The molecule has 0 N–H and O–H groups in total. The molecular formula is C22H30F6O2Si. The highest BCUT2D eigenvalue weighted by Crippen LogP contribution is 2.66. The molecule has 31 heavy (non-hydrogen) atoms. The average Bonchev–Trinajstić information content (AvgIpc) is 3.25. The lowest BCUT2D eigenvalue weighted by Gasteiger charge is -2.41. The van der Waals surface area contributed by atoms with Gasteiger partial charge in [0.05, 0.1) is 0 Å². The maximum Gasteiger partial charge on any atom is 0.429 e. The molecular weight excluding hydrogens is 438 g/mol. The average molecular weight is 469 g/mol. The first-order chi connectivity index (χ1) is 14.0. The van der Waals surface area contributed by atoms with E-state index in [0.717, 1.165) is 24.5 Å². The second-order valence-corrected chi connectivity index (χ2v) is 14.9. The van der Waals surface area contributed by atoms with Crippen LogP contribution in [0, 0.1) is 16.7 Å². The van der Waals surface area contributed by atoms with Crippen LogP contribution in [0.3, 0.4) is 0 Å². The molecule has 9 heteroatoms. The number of halogens is 6. The van der Waals surface area contributed by atoms with E-state index in [1.54, 1.807) is 0 Å². The molecule has 2 nitrogen and oxygen atoms in total. The molecule has 0 heterocycles. The number of ketones is 1. The number of carbonyl (C=O) groups is 1. The summed E-state index contributed by atoms with van der Waals surface area (Å²) in [6, 6.07) is 0. The molecule has 2 fully saturated rings. The van der Waals surface area contributed by atoms with Gasteiger partial charge in [0, 0.05) is 12.3 Å². The number of hydrogen-bond donors (Lipinski definition) is 0. The molecule has 0 aromatic rings. The normalized spacial score (nSPS) is 29.3. The molecule has 0 aliphatic heterocycles. The molecule has 0 unspecified atom stereocenters. The number of hydrogen-bond acceptors (Lipinski definition) is 2. The number of Topliss-reactive ketones (excluding diaryl/α,β-unsaturated/α-hetero) is 1. The zero-order valence-corrected chi connectivity index (χ0v) is 19.3. The lowest BCUT2D eigenvalue weighted by Crippen LogP contribution is -2.61. The Morgan fingerprint density at radius 2 is 1.68 bits per heavy atom. The molecule has 176 valence electrons. The fraction of sp³-hybridized carbons (Fsp3) is 0.773. The maximum atomic E-state index is 13.7. The summed E-state index contributed by atoms with van der Waals surface area (Å²) >= 11 is 0. The van der Waals surface area contributed by atoms with E-state index in [4.69, 9.17) is 4.43 Å². The van der Waals surface area contributed by atoms with Gasteiger partial charge < -0.3 is 4.43 Å². The van der Waals surface area contributed by atoms with E-state index in [-0.39, 0.29) is 29.6 Å². The summed E-state index contributed by atoms with van der Waals surface area (Å²) in [6.07, 6.45) is -3.78. The van der Waals surface area contributed by atoms with Crippen LogP contribution >= 0.6 is 0 Å². The van der Waals surface area contributed by atoms with E-state index in [9.17, 15) is 31.1 Å². The van der Waals surface area contributed by atoms with Gasteiger partial charge >= 0.3 is 12.4 Å². The van der Waals surface area contributed by atoms with Crippen LogP contribution in [0.25, 0.3) is 0 Å². The molecule has 0 aromatic heterocycles. The van der Waals surface area contributed by atoms with Crippen molar-refractivity contribution in [3.8, 4) is 0 Å². The third-order valence-corrected chi connectivity index (χ3v) is 7.98. The van der Waals surface area contributed by atoms with Gasteiger partial charge in [0.25, 0.3) is 5.60 Å². The smallest absolute Gasteiger partial charge is 0.394 e. The van der Waals surface area contributed by atoms with Crippen molar-refractivity contribution in [3.05, 3.63) is 23.8 Å². The van der Waals surface area contributed by atoms with E-state index >= 15 is 0 Å². The quantitative estimate of drug-likeness (QED) is 0.235. The number of carbonyl (C=O) groups excluding carboxylic acids is 1. The van der Waals surface area contributed by atoms with Crippen molar-refractivity contribution in [3.63, 3.8) is 0 Å². The molecule has 0 aromatic carbocycles. The molecule has 0 bridgehead atoms. The molecule has 0 spiro atoms. The summed E-state index contributed by atoms with van der Waals surface area (Å²) < 4.78 is 87.2. The molecule has 3 aliphatic rings. The van der Waals surface area contributed by atoms with Crippen LogP contribution < -0.4 is 0 Å². The second-order valence-electron chi connectivity index (χ2n) is 10.5. The molecule has 0 amide bonds. The van der Waals surface area contributed by atoms with Gasteiger partial charge in [0.2, 0.25) is 0 Å². The predicted molar refractivity (Wildman–Crippen MR) is 108 cm³/mol. The molecule has 2 atom stereocenters. The summed E-state index contributed by atoms with van der Waals surface area (Å²) in [7, 11) is -3.20. The molecule has 0 saturated heterocycles. The van der Waals surface area contributed by atoms with Gasteiger partial charge in [-0.15, -0.1) is 0 Å². The van der Waals surface area contributed by atoms with E-state index in [1.165, 1.54) is 19.6 Å². The van der Waals surface area contributed by atoms with E-state index in [0.29, 0.717) is 25.7 Å². The van der Waals surface area contributed by atoms with Crippen molar-refractivity contribution in [1.29, 1.82) is 0 Å². The number of fused-ring (bicyclic) bond motifs is 1. The Morgan fingerprint density at radius 3 is 2.16 bits per heavy atom. The van der Waals surface area contributed by atoms with Crippen molar-refractivity contribution >= 4 is 14.1 Å². The first-order valence-corrected chi connectivity index (χ1v) is 14.1. The molecule has 3 aliphatic carbocycles. The third-order valence-electron chi connectivity index (χ3n) is 7.05. The van der Waals surface area contributed by atoms with Crippen molar-refractivity contribution < 1.29 is 35.6 Å². The summed E-state index contributed by atoms with van der Waals surface area (Å²) in [6.45, 7) is 5.95. The van der Waals surface area contributed by atoms with Crippen LogP contribution in [0.5, 0.6) is 0 Å². The topological polar surface area (TPSA) is 26.3 Å². The van der Waals surface area contributed by atoms with Crippen LogP contribution in [0.2, 0.25) is 19.6 Å². The Morgan fingerprint density at radius 1 is 1.10 bits per heavy atom. The van der Waals surface area contributed by atoms with E-state index in [1.807, 2.05) is 13.0 Å². The van der Waals surface area contributed by atoms with Gasteiger partial charge in [0.15, 0.2) is 8.32 Å². The predicted octanol–water partition coefficient (Wildman–Crippen LogP) is 7.13. The standard InChI is InChI=1S/C22H30F6O2Si/c1-18-10-5-7-16(29)15(18)8-9-17(18)19(13-14-19)11-6-12-20(21(23,24)25,22(26,27)28)30-31(2,3)4/h6,9,12,15H,5,7-8,10-11,13-14H2,1-4H3/b12-6-/t15-,18+/m0/s1. The number of allylic oxidation sites excluding steroid dienone is 3. The first kappa shape index (κ1) is 24.5. The first-order valence-electron chi connectivity index (χ1n) is 10.7. The number of rotatable bonds is 6. The maximum absolute atomic E-state index is 13.7. The molecule has 3 rings (SSSR count). The molecule has 0 radical (unpaired) electrons. The Labute approximate surface area is 180 Å². The number of alkyl halides is 6. The van der Waals surface area contributed by atoms with Crippen molar-refractivity contribution in [2.75, 3.05) is 0 Å². The van der Waals surface area contributed by atoms with Gasteiger partial charge in [-0.2, -0.15) is 26.3 Å². The third kappa shape index (κ3) is 4.28. The van der Waals surface area contributed by atoms with Crippen LogP contribution in [0.4, 0.5) is 26.3 Å². The summed E-state index contributed by atoms with van der Waals surface area (Å²) in [5, 5.41) is 0. The summed E-state index contributed by atoms with van der Waals surface area (Å²) in [4.78, 5) is 12.4. The SMILES string of the molecule is C[C@@]12CCCC(=O)[C@@H]1CC=C2C1(C/C=C\C(O[Si](C)(C)C)(C(F)(F)F)C(F)(F)F)CC1. The van der Waals surface area contributed by atoms with Crippen LogP contribution in [-0.4, -0.2) is 32.1 Å². The van der Waals surface area contributed by atoms with Gasteiger partial charge in [-0.05, 0) is 75.1 Å².